The molecule has 1 heterocycles. The summed E-state index contributed by atoms with van der Waals surface area (Å²) in [6.45, 7) is 4.46. The van der Waals surface area contributed by atoms with Crippen molar-refractivity contribution in [2.45, 2.75) is 12.6 Å². The third kappa shape index (κ3) is 2.14. The quantitative estimate of drug-likeness (QED) is 0.610. The average Bonchev–Trinajstić information content (AvgIpc) is 2.51. The van der Waals surface area contributed by atoms with Gasteiger partial charge in [-0.25, -0.2) is 0 Å². The molecule has 0 aromatic heterocycles. The highest BCUT2D eigenvalue weighted by molar-refractivity contribution is 5.88. The Morgan fingerprint density at radius 3 is 2.20 bits per heavy atom. The van der Waals surface area contributed by atoms with Crippen LogP contribution < -0.4 is 0 Å². The Kier molecular flexibility index (Phi) is 3.38. The lowest BCUT2D eigenvalue weighted by molar-refractivity contribution is -0.154. The fourth-order valence-corrected chi connectivity index (χ4v) is 2.80. The summed E-state index contributed by atoms with van der Waals surface area (Å²) in [7, 11) is 0. The molecule has 100 valence electrons. The van der Waals surface area contributed by atoms with Crippen LogP contribution in [0, 0.1) is 5.92 Å². The zero-order valence-electron chi connectivity index (χ0n) is 11.3. The molecule has 1 saturated heterocycles. The number of β-lactam (4-membered cyclic amide) rings is 1. The molecule has 0 aliphatic carbocycles. The molecule has 2 atom stereocenters. The monoisotopic (exact) mass is 263 g/mol. The van der Waals surface area contributed by atoms with E-state index < -0.39 is 0 Å². The molecule has 0 unspecified atom stereocenters. The molecule has 1 amide bonds. The minimum absolute atomic E-state index is 0.0962. The number of carbonyl (C=O) groups excluding carboxylic acids is 1. The summed E-state index contributed by atoms with van der Waals surface area (Å²) in [6, 6.07) is 20.4. The van der Waals surface area contributed by atoms with Gasteiger partial charge in [-0.3, -0.25) is 4.79 Å². The van der Waals surface area contributed by atoms with E-state index in [0.717, 1.165) is 5.56 Å². The molecule has 0 N–H and O–H groups in total. The minimum Gasteiger partial charge on any atom is -0.330 e. The van der Waals surface area contributed by atoms with Crippen LogP contribution in [0.1, 0.15) is 17.2 Å². The van der Waals surface area contributed by atoms with Crippen molar-refractivity contribution in [3.05, 3.63) is 84.4 Å². The molecule has 2 aromatic rings. The maximum absolute atomic E-state index is 12.2. The highest BCUT2D eigenvalue weighted by Gasteiger charge is 2.45. The van der Waals surface area contributed by atoms with Crippen LogP contribution in [-0.2, 0) is 11.3 Å². The van der Waals surface area contributed by atoms with E-state index in [1.54, 1.807) is 6.08 Å². The molecular weight excluding hydrogens is 246 g/mol. The Bertz CT molecular complexity index is 606. The summed E-state index contributed by atoms with van der Waals surface area (Å²) in [5.74, 6) is 0.0684. The Labute approximate surface area is 119 Å². The van der Waals surface area contributed by atoms with Gasteiger partial charge in [0.15, 0.2) is 0 Å². The second-order valence-electron chi connectivity index (χ2n) is 5.07. The molecule has 3 rings (SSSR count). The fourth-order valence-electron chi connectivity index (χ4n) is 2.80. The van der Waals surface area contributed by atoms with Crippen molar-refractivity contribution in [3.63, 3.8) is 0 Å². The number of hydrogen-bond donors (Lipinski definition) is 0. The molecule has 20 heavy (non-hydrogen) atoms. The number of hydrogen-bond acceptors (Lipinski definition) is 1. The Balaban J connectivity index is 1.86. The first-order valence-electron chi connectivity index (χ1n) is 6.83. The zero-order valence-corrected chi connectivity index (χ0v) is 11.3. The van der Waals surface area contributed by atoms with E-state index in [0.29, 0.717) is 6.54 Å². The molecule has 1 fully saturated rings. The van der Waals surface area contributed by atoms with E-state index in [9.17, 15) is 4.79 Å². The van der Waals surface area contributed by atoms with Gasteiger partial charge in [-0.05, 0) is 11.1 Å². The van der Waals surface area contributed by atoms with Gasteiger partial charge in [-0.1, -0.05) is 66.7 Å². The number of rotatable bonds is 4. The van der Waals surface area contributed by atoms with Crippen LogP contribution in [0.4, 0.5) is 0 Å². The molecule has 0 radical (unpaired) electrons. The molecule has 2 heteroatoms. The highest BCUT2D eigenvalue weighted by Crippen LogP contribution is 2.41. The van der Waals surface area contributed by atoms with Gasteiger partial charge in [-0.15, -0.1) is 6.58 Å². The van der Waals surface area contributed by atoms with Crippen molar-refractivity contribution in [1.29, 1.82) is 0 Å². The largest absolute Gasteiger partial charge is 0.330 e. The van der Waals surface area contributed by atoms with Crippen molar-refractivity contribution < 1.29 is 4.79 Å². The summed E-state index contributed by atoms with van der Waals surface area (Å²) in [6.07, 6.45) is 1.77. The van der Waals surface area contributed by atoms with Crippen LogP contribution in [0.3, 0.4) is 0 Å². The Hall–Kier alpha value is -2.35. The van der Waals surface area contributed by atoms with Crippen molar-refractivity contribution in [2.75, 3.05) is 0 Å². The molecule has 0 spiro atoms. The zero-order chi connectivity index (χ0) is 13.9. The van der Waals surface area contributed by atoms with E-state index in [1.807, 2.05) is 41.3 Å². The maximum atomic E-state index is 12.2. The van der Waals surface area contributed by atoms with Crippen LogP contribution in [0.25, 0.3) is 0 Å². The van der Waals surface area contributed by atoms with Crippen molar-refractivity contribution >= 4 is 5.91 Å². The first-order chi connectivity index (χ1) is 9.81. The number of carbonyl (C=O) groups is 1. The van der Waals surface area contributed by atoms with Crippen molar-refractivity contribution in [3.8, 4) is 0 Å². The molecule has 0 bridgehead atoms. The van der Waals surface area contributed by atoms with Gasteiger partial charge in [0.1, 0.15) is 0 Å². The predicted molar refractivity (Wildman–Crippen MR) is 79.9 cm³/mol. The van der Waals surface area contributed by atoms with E-state index in [1.165, 1.54) is 5.56 Å². The Morgan fingerprint density at radius 2 is 1.60 bits per heavy atom. The van der Waals surface area contributed by atoms with Gasteiger partial charge in [0.2, 0.25) is 5.91 Å². The SMILES string of the molecule is C=C[C@H]1C(=O)N(Cc2ccccc2)[C@@H]1c1ccccc1. The molecule has 0 saturated carbocycles. The number of likely N-dealkylation sites (tertiary alicyclic amines) is 1. The van der Waals surface area contributed by atoms with Crippen LogP contribution in [0.2, 0.25) is 0 Å². The van der Waals surface area contributed by atoms with Gasteiger partial charge in [-0.2, -0.15) is 0 Å². The van der Waals surface area contributed by atoms with E-state index in [2.05, 4.69) is 30.8 Å². The molecule has 2 aromatic carbocycles. The number of nitrogens with zero attached hydrogens (tertiary/aromatic N) is 1. The van der Waals surface area contributed by atoms with Crippen molar-refractivity contribution in [2.24, 2.45) is 5.92 Å². The highest BCUT2D eigenvalue weighted by atomic mass is 16.2. The second kappa shape index (κ2) is 5.33. The predicted octanol–water partition coefficient (Wildman–Crippen LogP) is 3.57. The Morgan fingerprint density at radius 1 is 1.00 bits per heavy atom. The van der Waals surface area contributed by atoms with Gasteiger partial charge < -0.3 is 4.90 Å². The first kappa shape index (κ1) is 12.7. The number of amides is 1. The fraction of sp³-hybridized carbons (Fsp3) is 0.167. The number of benzene rings is 2. The van der Waals surface area contributed by atoms with Gasteiger partial charge in [0.25, 0.3) is 0 Å². The van der Waals surface area contributed by atoms with Crippen LogP contribution >= 0.6 is 0 Å². The maximum Gasteiger partial charge on any atom is 0.232 e. The second-order valence-corrected chi connectivity index (χ2v) is 5.07. The van der Waals surface area contributed by atoms with Gasteiger partial charge in [0, 0.05) is 6.54 Å². The topological polar surface area (TPSA) is 20.3 Å². The minimum atomic E-state index is -0.0962. The summed E-state index contributed by atoms with van der Waals surface area (Å²) in [5, 5.41) is 0. The summed E-state index contributed by atoms with van der Waals surface area (Å²) >= 11 is 0. The third-order valence-corrected chi connectivity index (χ3v) is 3.83. The summed E-state index contributed by atoms with van der Waals surface area (Å²) < 4.78 is 0. The van der Waals surface area contributed by atoms with Crippen LogP contribution in [0.5, 0.6) is 0 Å². The first-order valence-corrected chi connectivity index (χ1v) is 6.83. The van der Waals surface area contributed by atoms with Crippen LogP contribution in [-0.4, -0.2) is 10.8 Å². The van der Waals surface area contributed by atoms with E-state index in [4.69, 9.17) is 0 Å². The molecule has 2 nitrogen and oxygen atoms in total. The smallest absolute Gasteiger partial charge is 0.232 e. The van der Waals surface area contributed by atoms with Crippen LogP contribution in [0.15, 0.2) is 73.3 Å². The average molecular weight is 263 g/mol. The molecular formula is C18H17NO. The standard InChI is InChI=1S/C18H17NO/c1-2-16-17(15-11-7-4-8-12-15)19(18(16)20)13-14-9-5-3-6-10-14/h2-12,16-17H,1,13H2/t16-,17-/m1/s1. The summed E-state index contributed by atoms with van der Waals surface area (Å²) in [4.78, 5) is 14.2. The molecule has 1 aliphatic heterocycles. The normalized spacial score (nSPS) is 21.4. The third-order valence-electron chi connectivity index (χ3n) is 3.83. The van der Waals surface area contributed by atoms with E-state index in [-0.39, 0.29) is 17.9 Å². The van der Waals surface area contributed by atoms with E-state index >= 15 is 0 Å². The lowest BCUT2D eigenvalue weighted by Crippen LogP contribution is -2.53. The van der Waals surface area contributed by atoms with Gasteiger partial charge >= 0.3 is 0 Å². The molecule has 1 aliphatic rings. The summed E-state index contributed by atoms with van der Waals surface area (Å²) in [5.41, 5.74) is 2.33. The van der Waals surface area contributed by atoms with Crippen molar-refractivity contribution in [1.82, 2.24) is 4.90 Å². The lowest BCUT2D eigenvalue weighted by atomic mass is 9.82. The van der Waals surface area contributed by atoms with Gasteiger partial charge in [0.05, 0.1) is 12.0 Å². The lowest BCUT2D eigenvalue weighted by Gasteiger charge is -2.46.